The fraction of sp³-hybridized carbons (Fsp3) is 0.882. The summed E-state index contributed by atoms with van der Waals surface area (Å²) in [5, 5.41) is 9.08. The molecule has 2 unspecified atom stereocenters. The summed E-state index contributed by atoms with van der Waals surface area (Å²) in [7, 11) is 3.86. The number of hydrogen-bond acceptors (Lipinski definition) is 6. The van der Waals surface area contributed by atoms with Gasteiger partial charge in [0.25, 0.3) is 0 Å². The van der Waals surface area contributed by atoms with Gasteiger partial charge in [-0.1, -0.05) is 6.92 Å². The Bertz CT molecular complexity index is 538. The van der Waals surface area contributed by atoms with Gasteiger partial charge in [-0.25, -0.2) is 0 Å². The molecule has 7 heteroatoms. The van der Waals surface area contributed by atoms with Crippen LogP contribution in [0.1, 0.15) is 38.9 Å². The largest absolute Gasteiger partial charge is 0.384 e. The predicted molar refractivity (Wildman–Crippen MR) is 91.2 cm³/mol. The standard InChI is InChI=1S/C17H30N4O3/c1-5-24-17(8-9-23-12-17)15-18-19-16(20(3)14-6-7-14)21(15)10-13(2)11-22-4/h13-14H,5-12H2,1-4H3. The van der Waals surface area contributed by atoms with Crippen LogP contribution in [0.3, 0.4) is 0 Å². The Morgan fingerprint density at radius 1 is 1.42 bits per heavy atom. The third-order valence-electron chi connectivity index (χ3n) is 4.90. The average molecular weight is 338 g/mol. The lowest BCUT2D eigenvalue weighted by Gasteiger charge is -2.29. The Morgan fingerprint density at radius 3 is 2.79 bits per heavy atom. The van der Waals surface area contributed by atoms with Crippen molar-refractivity contribution in [2.75, 3.05) is 45.5 Å². The molecule has 0 amide bonds. The molecule has 1 aromatic heterocycles. The summed E-state index contributed by atoms with van der Waals surface area (Å²) in [4.78, 5) is 2.26. The summed E-state index contributed by atoms with van der Waals surface area (Å²) in [6.45, 7) is 7.62. The third kappa shape index (κ3) is 3.43. The van der Waals surface area contributed by atoms with Crippen LogP contribution in [-0.4, -0.2) is 61.4 Å². The molecule has 3 rings (SSSR count). The van der Waals surface area contributed by atoms with E-state index >= 15 is 0 Å². The van der Waals surface area contributed by atoms with Crippen molar-refractivity contribution in [3.8, 4) is 0 Å². The Labute approximate surface area is 144 Å². The van der Waals surface area contributed by atoms with Crippen molar-refractivity contribution in [2.24, 2.45) is 5.92 Å². The number of ether oxygens (including phenoxy) is 3. The van der Waals surface area contributed by atoms with Gasteiger partial charge in [-0.3, -0.25) is 4.57 Å². The lowest BCUT2D eigenvalue weighted by Crippen LogP contribution is -2.36. The number of methoxy groups -OCH3 is 1. The van der Waals surface area contributed by atoms with Crippen molar-refractivity contribution >= 4 is 5.95 Å². The summed E-state index contributed by atoms with van der Waals surface area (Å²) >= 11 is 0. The fourth-order valence-corrected chi connectivity index (χ4v) is 3.51. The van der Waals surface area contributed by atoms with Gasteiger partial charge in [-0.15, -0.1) is 10.2 Å². The molecule has 1 saturated heterocycles. The van der Waals surface area contributed by atoms with Gasteiger partial charge >= 0.3 is 0 Å². The van der Waals surface area contributed by atoms with E-state index in [9.17, 15) is 0 Å². The lowest BCUT2D eigenvalue weighted by molar-refractivity contribution is -0.0573. The van der Waals surface area contributed by atoms with Crippen molar-refractivity contribution in [3.05, 3.63) is 5.82 Å². The van der Waals surface area contributed by atoms with Crippen LogP contribution < -0.4 is 4.90 Å². The number of rotatable bonds is 9. The molecule has 136 valence electrons. The molecule has 2 aliphatic rings. The summed E-state index contributed by atoms with van der Waals surface area (Å²) in [5.74, 6) is 2.20. The molecule has 0 aromatic carbocycles. The molecule has 1 aliphatic carbocycles. The zero-order valence-electron chi connectivity index (χ0n) is 15.3. The quantitative estimate of drug-likeness (QED) is 0.684. The smallest absolute Gasteiger partial charge is 0.227 e. The first-order chi connectivity index (χ1) is 11.6. The highest BCUT2D eigenvalue weighted by Crippen LogP contribution is 2.37. The van der Waals surface area contributed by atoms with E-state index in [-0.39, 0.29) is 0 Å². The maximum Gasteiger partial charge on any atom is 0.227 e. The lowest BCUT2D eigenvalue weighted by atomic mass is 10.0. The van der Waals surface area contributed by atoms with E-state index in [1.807, 2.05) is 6.92 Å². The van der Waals surface area contributed by atoms with Crippen LogP contribution in [0.25, 0.3) is 0 Å². The SMILES string of the molecule is CCOC1(c2nnc(N(C)C3CC3)n2CC(C)COC)CCOC1. The Kier molecular flexibility index (Phi) is 5.42. The van der Waals surface area contributed by atoms with Crippen molar-refractivity contribution < 1.29 is 14.2 Å². The number of hydrogen-bond donors (Lipinski definition) is 0. The van der Waals surface area contributed by atoms with E-state index < -0.39 is 5.60 Å². The Hall–Kier alpha value is -1.18. The van der Waals surface area contributed by atoms with E-state index in [0.29, 0.717) is 38.4 Å². The first kappa shape index (κ1) is 17.6. The molecular formula is C17H30N4O3. The minimum absolute atomic E-state index is 0.372. The molecule has 1 saturated carbocycles. The van der Waals surface area contributed by atoms with Crippen LogP contribution in [0.5, 0.6) is 0 Å². The van der Waals surface area contributed by atoms with Crippen molar-refractivity contribution in [2.45, 2.75) is 51.3 Å². The van der Waals surface area contributed by atoms with E-state index in [1.165, 1.54) is 12.8 Å². The monoisotopic (exact) mass is 338 g/mol. The molecule has 1 aliphatic heterocycles. The second-order valence-electron chi connectivity index (χ2n) is 7.07. The molecule has 2 atom stereocenters. The minimum Gasteiger partial charge on any atom is -0.384 e. The fourth-order valence-electron chi connectivity index (χ4n) is 3.51. The van der Waals surface area contributed by atoms with Gasteiger partial charge in [0.1, 0.15) is 0 Å². The van der Waals surface area contributed by atoms with Crippen molar-refractivity contribution in [3.63, 3.8) is 0 Å². The second-order valence-corrected chi connectivity index (χ2v) is 7.07. The zero-order valence-corrected chi connectivity index (χ0v) is 15.3. The molecule has 0 spiro atoms. The minimum atomic E-state index is -0.475. The zero-order chi connectivity index (χ0) is 17.2. The third-order valence-corrected chi connectivity index (χ3v) is 4.90. The Morgan fingerprint density at radius 2 is 2.21 bits per heavy atom. The van der Waals surface area contributed by atoms with E-state index in [0.717, 1.165) is 24.7 Å². The molecule has 7 nitrogen and oxygen atoms in total. The highest BCUT2D eigenvalue weighted by Gasteiger charge is 2.44. The van der Waals surface area contributed by atoms with Crippen LogP contribution in [-0.2, 0) is 26.4 Å². The van der Waals surface area contributed by atoms with Gasteiger partial charge in [-0.2, -0.15) is 0 Å². The van der Waals surface area contributed by atoms with Crippen LogP contribution in [0, 0.1) is 5.92 Å². The summed E-state index contributed by atoms with van der Waals surface area (Å²) in [5.41, 5.74) is -0.475. The molecule has 24 heavy (non-hydrogen) atoms. The second kappa shape index (κ2) is 7.37. The molecule has 0 radical (unpaired) electrons. The topological polar surface area (TPSA) is 61.6 Å². The number of anilines is 1. The molecule has 2 fully saturated rings. The Balaban J connectivity index is 1.94. The van der Waals surface area contributed by atoms with Gasteiger partial charge in [0.15, 0.2) is 11.4 Å². The van der Waals surface area contributed by atoms with Crippen LogP contribution in [0.2, 0.25) is 0 Å². The molecule has 2 heterocycles. The summed E-state index contributed by atoms with van der Waals surface area (Å²) in [6.07, 6.45) is 3.28. The molecular weight excluding hydrogens is 308 g/mol. The predicted octanol–water partition coefficient (Wildman–Crippen LogP) is 1.81. The first-order valence-electron chi connectivity index (χ1n) is 8.98. The number of aromatic nitrogens is 3. The van der Waals surface area contributed by atoms with Gasteiger partial charge < -0.3 is 19.1 Å². The van der Waals surface area contributed by atoms with E-state index in [2.05, 4.69) is 33.6 Å². The van der Waals surface area contributed by atoms with Crippen molar-refractivity contribution in [1.82, 2.24) is 14.8 Å². The normalized spacial score (nSPS) is 25.2. The average Bonchev–Trinajstić information content (AvgIpc) is 3.16. The van der Waals surface area contributed by atoms with Gasteiger partial charge in [0, 0.05) is 39.8 Å². The highest BCUT2D eigenvalue weighted by molar-refractivity contribution is 5.35. The maximum absolute atomic E-state index is 6.13. The maximum atomic E-state index is 6.13. The van der Waals surface area contributed by atoms with Gasteiger partial charge in [0.05, 0.1) is 19.8 Å². The molecule has 0 N–H and O–H groups in total. The van der Waals surface area contributed by atoms with E-state index in [1.54, 1.807) is 7.11 Å². The van der Waals surface area contributed by atoms with Crippen LogP contribution in [0.15, 0.2) is 0 Å². The summed E-state index contributed by atoms with van der Waals surface area (Å²) < 4.78 is 19.3. The van der Waals surface area contributed by atoms with Gasteiger partial charge in [-0.05, 0) is 25.7 Å². The highest BCUT2D eigenvalue weighted by atomic mass is 16.6. The number of nitrogens with zero attached hydrogens (tertiary/aromatic N) is 4. The van der Waals surface area contributed by atoms with E-state index in [4.69, 9.17) is 14.2 Å². The van der Waals surface area contributed by atoms with Crippen LogP contribution in [0.4, 0.5) is 5.95 Å². The van der Waals surface area contributed by atoms with Crippen LogP contribution >= 0.6 is 0 Å². The molecule has 0 bridgehead atoms. The van der Waals surface area contributed by atoms with Gasteiger partial charge in [0.2, 0.25) is 5.95 Å². The molecule has 1 aromatic rings. The summed E-state index contributed by atoms with van der Waals surface area (Å²) in [6, 6.07) is 0.585. The van der Waals surface area contributed by atoms with Crippen molar-refractivity contribution in [1.29, 1.82) is 0 Å². The first-order valence-corrected chi connectivity index (χ1v) is 8.98.